The van der Waals surface area contributed by atoms with Crippen LogP contribution in [-0.4, -0.2) is 24.4 Å². The normalized spacial score (nSPS) is 17.8. The van der Waals surface area contributed by atoms with Gasteiger partial charge < -0.3 is 15.0 Å². The van der Waals surface area contributed by atoms with E-state index in [1.54, 1.807) is 17.0 Å². The van der Waals surface area contributed by atoms with Crippen molar-refractivity contribution in [3.05, 3.63) is 89.7 Å². The van der Waals surface area contributed by atoms with Crippen molar-refractivity contribution in [1.29, 1.82) is 0 Å². The summed E-state index contributed by atoms with van der Waals surface area (Å²) in [6, 6.07) is 20.5. The summed E-state index contributed by atoms with van der Waals surface area (Å²) in [5, 5.41) is 3.04. The lowest BCUT2D eigenvalue weighted by Crippen LogP contribution is -2.40. The number of amides is 2. The van der Waals surface area contributed by atoms with E-state index < -0.39 is 5.92 Å². The van der Waals surface area contributed by atoms with Crippen molar-refractivity contribution in [3.8, 4) is 11.5 Å². The molecule has 6 heteroatoms. The first-order valence-corrected chi connectivity index (χ1v) is 9.82. The third-order valence-electron chi connectivity index (χ3n) is 5.55. The van der Waals surface area contributed by atoms with Gasteiger partial charge in [0.1, 0.15) is 17.3 Å². The number of nitrogens with zero attached hydrogens (tertiary/aromatic N) is 1. The predicted molar refractivity (Wildman–Crippen MR) is 110 cm³/mol. The zero-order valence-electron chi connectivity index (χ0n) is 16.0. The molecule has 2 aliphatic rings. The summed E-state index contributed by atoms with van der Waals surface area (Å²) >= 11 is 0. The number of hydrogen-bond donors (Lipinski definition) is 1. The minimum Gasteiger partial charge on any atom is -0.457 e. The van der Waals surface area contributed by atoms with Gasteiger partial charge in [-0.1, -0.05) is 36.4 Å². The Balaban J connectivity index is 1.39. The average Bonchev–Trinajstić information content (AvgIpc) is 3.12. The molecule has 0 spiro atoms. The van der Waals surface area contributed by atoms with Crippen molar-refractivity contribution in [2.45, 2.75) is 18.4 Å². The summed E-state index contributed by atoms with van der Waals surface area (Å²) < 4.78 is 19.2. The van der Waals surface area contributed by atoms with E-state index in [4.69, 9.17) is 4.74 Å². The Labute approximate surface area is 173 Å². The van der Waals surface area contributed by atoms with Gasteiger partial charge in [0.05, 0.1) is 12.0 Å². The highest BCUT2D eigenvalue weighted by atomic mass is 19.1. The zero-order chi connectivity index (χ0) is 20.7. The molecule has 2 amide bonds. The molecule has 5 rings (SSSR count). The fourth-order valence-electron chi connectivity index (χ4n) is 4.15. The molecule has 1 N–H and O–H groups in total. The molecule has 0 aliphatic carbocycles. The third kappa shape index (κ3) is 3.20. The van der Waals surface area contributed by atoms with Crippen molar-refractivity contribution in [3.63, 3.8) is 0 Å². The summed E-state index contributed by atoms with van der Waals surface area (Å²) in [5.41, 5.74) is 2.22. The van der Waals surface area contributed by atoms with Gasteiger partial charge in [0.25, 0.3) is 0 Å². The molecule has 1 unspecified atom stereocenters. The molecule has 2 aliphatic heterocycles. The fourth-order valence-corrected chi connectivity index (χ4v) is 4.15. The lowest BCUT2D eigenvalue weighted by molar-refractivity contribution is -0.122. The van der Waals surface area contributed by atoms with E-state index in [0.29, 0.717) is 23.7 Å². The van der Waals surface area contributed by atoms with Crippen molar-refractivity contribution in [2.24, 2.45) is 0 Å². The monoisotopic (exact) mass is 402 g/mol. The number of nitrogens with one attached hydrogen (secondary N) is 1. The minimum atomic E-state index is -0.513. The number of fused-ring (bicyclic) bond motifs is 2. The topological polar surface area (TPSA) is 58.6 Å². The molecule has 1 atom stereocenters. The second-order valence-corrected chi connectivity index (χ2v) is 7.50. The van der Waals surface area contributed by atoms with Crippen LogP contribution in [0.3, 0.4) is 0 Å². The van der Waals surface area contributed by atoms with Crippen LogP contribution in [0, 0.1) is 5.82 Å². The number of carbonyl (C=O) groups is 2. The van der Waals surface area contributed by atoms with Gasteiger partial charge in [0.15, 0.2) is 0 Å². The number of rotatable bonds is 3. The number of ether oxygens (including phenoxy) is 1. The minimum absolute atomic E-state index is 0.0975. The third-order valence-corrected chi connectivity index (χ3v) is 5.55. The molecule has 1 fully saturated rings. The van der Waals surface area contributed by atoms with Crippen LogP contribution in [0.2, 0.25) is 0 Å². The van der Waals surface area contributed by atoms with E-state index in [2.05, 4.69) is 5.32 Å². The van der Waals surface area contributed by atoms with Gasteiger partial charge in [0, 0.05) is 29.8 Å². The first kappa shape index (κ1) is 18.4. The van der Waals surface area contributed by atoms with Crippen molar-refractivity contribution in [2.75, 3.05) is 11.4 Å². The Bertz CT molecular complexity index is 1080. The first-order chi connectivity index (χ1) is 14.6. The van der Waals surface area contributed by atoms with Crippen LogP contribution in [-0.2, 0) is 9.59 Å². The lowest BCUT2D eigenvalue weighted by atomic mass is 9.87. The van der Waals surface area contributed by atoms with Gasteiger partial charge in [-0.2, -0.15) is 0 Å². The van der Waals surface area contributed by atoms with Crippen molar-refractivity contribution in [1.82, 2.24) is 5.32 Å². The van der Waals surface area contributed by atoms with Crippen LogP contribution >= 0.6 is 0 Å². The molecule has 3 aromatic rings. The van der Waals surface area contributed by atoms with Gasteiger partial charge in [0.2, 0.25) is 11.8 Å². The standard InChI is InChI=1S/C24H19FN2O3/c25-15-9-11-17(12-10-15)27-14-16(13-22(27)28)26-24(29)23-18-5-1-3-7-20(18)30-21-8-4-2-6-19(21)23/h1-12,16,23H,13-14H2,(H,26,29). The molecule has 2 heterocycles. The maximum Gasteiger partial charge on any atom is 0.232 e. The van der Waals surface area contributed by atoms with Gasteiger partial charge in [-0.05, 0) is 36.4 Å². The quantitative estimate of drug-likeness (QED) is 0.721. The summed E-state index contributed by atoms with van der Waals surface area (Å²) in [6.07, 6.45) is 0.204. The number of halogens is 1. The number of anilines is 1. The highest BCUT2D eigenvalue weighted by Gasteiger charge is 2.36. The number of hydrogen-bond acceptors (Lipinski definition) is 3. The molecular weight excluding hydrogens is 383 g/mol. The Morgan fingerprint density at radius 2 is 1.53 bits per heavy atom. The number of para-hydroxylation sites is 2. The Morgan fingerprint density at radius 3 is 2.17 bits per heavy atom. The molecule has 1 saturated heterocycles. The Morgan fingerprint density at radius 1 is 0.933 bits per heavy atom. The number of carbonyl (C=O) groups excluding carboxylic acids is 2. The smallest absolute Gasteiger partial charge is 0.232 e. The molecular formula is C24H19FN2O3. The second-order valence-electron chi connectivity index (χ2n) is 7.50. The van der Waals surface area contributed by atoms with E-state index in [9.17, 15) is 14.0 Å². The summed E-state index contributed by atoms with van der Waals surface area (Å²) in [5.74, 6) is 0.184. The summed E-state index contributed by atoms with van der Waals surface area (Å²) in [7, 11) is 0. The van der Waals surface area contributed by atoms with Gasteiger partial charge in [-0.3, -0.25) is 9.59 Å². The maximum atomic E-state index is 13.3. The Hall–Kier alpha value is -3.67. The highest BCUT2D eigenvalue weighted by molar-refractivity contribution is 5.97. The van der Waals surface area contributed by atoms with E-state index in [1.165, 1.54) is 12.1 Å². The van der Waals surface area contributed by atoms with E-state index in [0.717, 1.165) is 11.1 Å². The van der Waals surface area contributed by atoms with E-state index >= 15 is 0 Å². The van der Waals surface area contributed by atoms with Crippen LogP contribution in [0.25, 0.3) is 0 Å². The van der Waals surface area contributed by atoms with Crippen LogP contribution in [0.5, 0.6) is 11.5 Å². The fraction of sp³-hybridized carbons (Fsp3) is 0.167. The highest BCUT2D eigenvalue weighted by Crippen LogP contribution is 2.44. The van der Waals surface area contributed by atoms with Gasteiger partial charge in [-0.15, -0.1) is 0 Å². The molecule has 5 nitrogen and oxygen atoms in total. The van der Waals surface area contributed by atoms with Crippen molar-refractivity contribution >= 4 is 17.5 Å². The van der Waals surface area contributed by atoms with Gasteiger partial charge in [-0.25, -0.2) is 4.39 Å². The SMILES string of the molecule is O=C(NC1CC(=O)N(c2ccc(F)cc2)C1)C1c2ccccc2Oc2ccccc21. The van der Waals surface area contributed by atoms with Crippen LogP contribution in [0.15, 0.2) is 72.8 Å². The van der Waals surface area contributed by atoms with Gasteiger partial charge >= 0.3 is 0 Å². The van der Waals surface area contributed by atoms with E-state index in [1.807, 2.05) is 48.5 Å². The molecule has 30 heavy (non-hydrogen) atoms. The molecule has 0 bridgehead atoms. The number of benzene rings is 3. The molecule has 0 saturated carbocycles. The molecule has 0 radical (unpaired) electrons. The summed E-state index contributed by atoms with van der Waals surface area (Å²) in [6.45, 7) is 0.350. The molecule has 0 aromatic heterocycles. The van der Waals surface area contributed by atoms with Crippen LogP contribution in [0.4, 0.5) is 10.1 Å². The molecule has 150 valence electrons. The lowest BCUT2D eigenvalue weighted by Gasteiger charge is -2.28. The summed E-state index contributed by atoms with van der Waals surface area (Å²) in [4.78, 5) is 27.4. The average molecular weight is 402 g/mol. The predicted octanol–water partition coefficient (Wildman–Crippen LogP) is 3.99. The zero-order valence-corrected chi connectivity index (χ0v) is 16.0. The molecule has 3 aromatic carbocycles. The Kier molecular flexibility index (Phi) is 4.47. The largest absolute Gasteiger partial charge is 0.457 e. The maximum absolute atomic E-state index is 13.3. The van der Waals surface area contributed by atoms with E-state index in [-0.39, 0.29) is 30.1 Å². The van der Waals surface area contributed by atoms with Crippen LogP contribution in [0.1, 0.15) is 23.5 Å². The van der Waals surface area contributed by atoms with Crippen LogP contribution < -0.4 is 15.0 Å². The second kappa shape index (κ2) is 7.30. The first-order valence-electron chi connectivity index (χ1n) is 9.82. The van der Waals surface area contributed by atoms with Crippen molar-refractivity contribution < 1.29 is 18.7 Å².